The first-order valence-electron chi connectivity index (χ1n) is 7.22. The van der Waals surface area contributed by atoms with Crippen LogP contribution in [0.5, 0.6) is 11.5 Å². The third-order valence-electron chi connectivity index (χ3n) is 2.73. The van der Waals surface area contributed by atoms with E-state index in [4.69, 9.17) is 13.9 Å². The van der Waals surface area contributed by atoms with Crippen LogP contribution in [-0.4, -0.2) is 11.9 Å². The van der Waals surface area contributed by atoms with Crippen LogP contribution >= 0.6 is 0 Å². The Balaban J connectivity index is 2.89. The van der Waals surface area contributed by atoms with Gasteiger partial charge in [-0.15, -0.1) is 0 Å². The fourth-order valence-electron chi connectivity index (χ4n) is 1.86. The number of carbonyl (C=O) groups excluding carboxylic acids is 2. The second kappa shape index (κ2) is 7.29. The highest BCUT2D eigenvalue weighted by Gasteiger charge is 2.23. The molecule has 5 heteroatoms. The van der Waals surface area contributed by atoms with E-state index in [-0.39, 0.29) is 35.3 Å². The predicted octanol–water partition coefficient (Wildman–Crippen LogP) is 3.80. The first-order valence-corrected chi connectivity index (χ1v) is 7.22. The minimum atomic E-state index is -0.366. The van der Waals surface area contributed by atoms with Crippen molar-refractivity contribution in [2.24, 2.45) is 11.8 Å². The third kappa shape index (κ3) is 5.25. The fraction of sp³-hybridized carbons (Fsp3) is 0.625. The molecule has 21 heavy (non-hydrogen) atoms. The van der Waals surface area contributed by atoms with E-state index in [2.05, 4.69) is 0 Å². The highest BCUT2D eigenvalue weighted by molar-refractivity contribution is 5.77. The van der Waals surface area contributed by atoms with Crippen molar-refractivity contribution in [3.05, 3.63) is 11.5 Å². The summed E-state index contributed by atoms with van der Waals surface area (Å²) in [6.45, 7) is 11.1. The second-order valence-corrected chi connectivity index (χ2v) is 6.02. The number of hydrogen-bond acceptors (Lipinski definition) is 5. The molecule has 0 fully saturated rings. The van der Waals surface area contributed by atoms with Gasteiger partial charge in [-0.25, -0.2) is 0 Å². The zero-order chi connectivity index (χ0) is 16.2. The first-order chi connectivity index (χ1) is 9.70. The van der Waals surface area contributed by atoms with Gasteiger partial charge in [0.05, 0.1) is 0 Å². The maximum Gasteiger partial charge on any atom is 0.311 e. The molecule has 0 saturated carbocycles. The Morgan fingerprint density at radius 1 is 0.857 bits per heavy atom. The molecule has 0 atom stereocenters. The summed E-state index contributed by atoms with van der Waals surface area (Å²) >= 11 is 0. The molecule has 1 aromatic heterocycles. The smallest absolute Gasteiger partial charge is 0.311 e. The Kier molecular flexibility index (Phi) is 6.00. The van der Waals surface area contributed by atoms with Crippen molar-refractivity contribution in [1.29, 1.82) is 0 Å². The topological polar surface area (TPSA) is 65.7 Å². The molecular formula is C16H24O5. The molecular weight excluding hydrogens is 272 g/mol. The standard InChI is InChI=1S/C16H24O5/c1-9(2)7-13(17)20-15-11(5)19-12(6)16(15)21-14(18)8-10(3)4/h9-10H,7-8H2,1-6H3. The van der Waals surface area contributed by atoms with Gasteiger partial charge in [0, 0.05) is 12.8 Å². The van der Waals surface area contributed by atoms with Crippen molar-refractivity contribution in [1.82, 2.24) is 0 Å². The summed E-state index contributed by atoms with van der Waals surface area (Å²) in [6.07, 6.45) is 0.589. The van der Waals surface area contributed by atoms with Crippen molar-refractivity contribution in [2.75, 3.05) is 0 Å². The summed E-state index contributed by atoms with van der Waals surface area (Å²) in [4.78, 5) is 23.6. The van der Waals surface area contributed by atoms with E-state index >= 15 is 0 Å². The van der Waals surface area contributed by atoms with E-state index in [1.807, 2.05) is 27.7 Å². The molecule has 0 aromatic carbocycles. The average molecular weight is 296 g/mol. The van der Waals surface area contributed by atoms with Gasteiger partial charge in [-0.05, 0) is 25.7 Å². The van der Waals surface area contributed by atoms with Crippen molar-refractivity contribution in [2.45, 2.75) is 54.4 Å². The quantitative estimate of drug-likeness (QED) is 0.747. The van der Waals surface area contributed by atoms with Crippen LogP contribution in [0.1, 0.15) is 52.1 Å². The summed E-state index contributed by atoms with van der Waals surface area (Å²) < 4.78 is 16.0. The monoisotopic (exact) mass is 296 g/mol. The number of rotatable bonds is 6. The molecule has 0 spiro atoms. The molecule has 118 valence electrons. The zero-order valence-corrected chi connectivity index (χ0v) is 13.6. The van der Waals surface area contributed by atoms with Crippen molar-refractivity contribution < 1.29 is 23.5 Å². The van der Waals surface area contributed by atoms with Crippen LogP contribution in [-0.2, 0) is 9.59 Å². The molecule has 0 bridgehead atoms. The molecule has 0 amide bonds. The van der Waals surface area contributed by atoms with Crippen LogP contribution in [0.2, 0.25) is 0 Å². The zero-order valence-electron chi connectivity index (χ0n) is 13.6. The minimum Gasteiger partial charge on any atom is -0.459 e. The largest absolute Gasteiger partial charge is 0.459 e. The molecule has 0 aliphatic carbocycles. The van der Waals surface area contributed by atoms with Gasteiger partial charge in [0.2, 0.25) is 11.5 Å². The highest BCUT2D eigenvalue weighted by atomic mass is 16.6. The molecule has 1 aromatic rings. The van der Waals surface area contributed by atoms with E-state index in [0.29, 0.717) is 24.4 Å². The van der Waals surface area contributed by atoms with Gasteiger partial charge in [0.15, 0.2) is 0 Å². The Morgan fingerprint density at radius 3 is 1.48 bits per heavy atom. The molecule has 0 aliphatic rings. The lowest BCUT2D eigenvalue weighted by molar-refractivity contribution is -0.138. The van der Waals surface area contributed by atoms with Gasteiger partial charge in [0.1, 0.15) is 11.5 Å². The van der Waals surface area contributed by atoms with Gasteiger partial charge in [-0.2, -0.15) is 0 Å². The van der Waals surface area contributed by atoms with Crippen molar-refractivity contribution >= 4 is 11.9 Å². The average Bonchev–Trinajstić information content (AvgIpc) is 2.54. The lowest BCUT2D eigenvalue weighted by Crippen LogP contribution is -2.14. The summed E-state index contributed by atoms with van der Waals surface area (Å²) in [5.41, 5.74) is 0. The van der Waals surface area contributed by atoms with Crippen LogP contribution in [0.4, 0.5) is 0 Å². The van der Waals surface area contributed by atoms with Gasteiger partial charge >= 0.3 is 11.9 Å². The molecule has 0 unspecified atom stereocenters. The van der Waals surface area contributed by atoms with Crippen LogP contribution in [0.15, 0.2) is 4.42 Å². The summed E-state index contributed by atoms with van der Waals surface area (Å²) in [6, 6.07) is 0. The normalized spacial score (nSPS) is 11.0. The predicted molar refractivity (Wildman–Crippen MR) is 78.4 cm³/mol. The SMILES string of the molecule is Cc1oc(C)c(OC(=O)CC(C)C)c1OC(=O)CC(C)C. The van der Waals surface area contributed by atoms with Gasteiger partial charge in [-0.3, -0.25) is 9.59 Å². The van der Waals surface area contributed by atoms with E-state index in [1.54, 1.807) is 13.8 Å². The second-order valence-electron chi connectivity index (χ2n) is 6.02. The number of esters is 2. The lowest BCUT2D eigenvalue weighted by Gasteiger charge is -2.09. The maximum absolute atomic E-state index is 11.8. The number of furan rings is 1. The number of carbonyl (C=O) groups is 2. The molecule has 1 rings (SSSR count). The van der Waals surface area contributed by atoms with Crippen LogP contribution in [0, 0.1) is 25.7 Å². The molecule has 1 heterocycles. The molecule has 0 radical (unpaired) electrons. The highest BCUT2D eigenvalue weighted by Crippen LogP contribution is 2.38. The Morgan fingerprint density at radius 2 is 1.19 bits per heavy atom. The number of ether oxygens (including phenoxy) is 2. The van der Waals surface area contributed by atoms with E-state index < -0.39 is 0 Å². The van der Waals surface area contributed by atoms with Crippen LogP contribution in [0.3, 0.4) is 0 Å². The molecule has 0 saturated heterocycles. The number of hydrogen-bond donors (Lipinski definition) is 0. The number of aryl methyl sites for hydroxylation is 2. The van der Waals surface area contributed by atoms with Crippen LogP contribution < -0.4 is 9.47 Å². The van der Waals surface area contributed by atoms with Crippen LogP contribution in [0.25, 0.3) is 0 Å². The molecule has 5 nitrogen and oxygen atoms in total. The van der Waals surface area contributed by atoms with Gasteiger partial charge < -0.3 is 13.9 Å². The Hall–Kier alpha value is -1.78. The Bertz CT molecular complexity index is 466. The summed E-state index contributed by atoms with van der Waals surface area (Å²) in [5.74, 6) is 0.917. The first kappa shape index (κ1) is 17.3. The minimum absolute atomic E-state index is 0.192. The lowest BCUT2D eigenvalue weighted by atomic mass is 10.1. The molecule has 0 aliphatic heterocycles. The summed E-state index contributed by atoms with van der Waals surface area (Å²) in [7, 11) is 0. The van der Waals surface area contributed by atoms with Gasteiger partial charge in [-0.1, -0.05) is 27.7 Å². The van der Waals surface area contributed by atoms with E-state index in [0.717, 1.165) is 0 Å². The third-order valence-corrected chi connectivity index (χ3v) is 2.73. The Labute approximate surface area is 125 Å². The van der Waals surface area contributed by atoms with Gasteiger partial charge in [0.25, 0.3) is 0 Å². The summed E-state index contributed by atoms with van der Waals surface area (Å²) in [5, 5.41) is 0. The van der Waals surface area contributed by atoms with E-state index in [1.165, 1.54) is 0 Å². The fourth-order valence-corrected chi connectivity index (χ4v) is 1.86. The maximum atomic E-state index is 11.8. The molecule has 0 N–H and O–H groups in total. The van der Waals surface area contributed by atoms with Crippen molar-refractivity contribution in [3.8, 4) is 11.5 Å². The van der Waals surface area contributed by atoms with E-state index in [9.17, 15) is 9.59 Å². The van der Waals surface area contributed by atoms with Crippen molar-refractivity contribution in [3.63, 3.8) is 0 Å².